The van der Waals surface area contributed by atoms with Crippen molar-refractivity contribution in [2.45, 2.75) is 69.9 Å². The molecule has 0 bridgehead atoms. The molecule has 32 heavy (non-hydrogen) atoms. The van der Waals surface area contributed by atoms with Crippen LogP contribution in [0.4, 0.5) is 4.39 Å². The molecule has 178 valence electrons. The predicted octanol–water partition coefficient (Wildman–Crippen LogP) is 3.10. The minimum atomic E-state index is -3.74. The molecule has 1 N–H and O–H groups in total. The zero-order valence-electron chi connectivity index (χ0n) is 18.9. The maximum Gasteiger partial charge on any atom is 0.309 e. The molecule has 4 unspecified atom stereocenters. The molecule has 2 aliphatic rings. The fraction of sp³-hybridized carbons (Fsp3) is 0.652. The molecule has 0 spiro atoms. The highest BCUT2D eigenvalue weighted by molar-refractivity contribution is 7.89. The van der Waals surface area contributed by atoms with Crippen molar-refractivity contribution in [2.24, 2.45) is 17.8 Å². The number of hydrogen-bond acceptors (Lipinski definition) is 5. The molecule has 1 aromatic carbocycles. The minimum absolute atomic E-state index is 0.0245. The topological polar surface area (TPSA) is 92.8 Å². The van der Waals surface area contributed by atoms with Crippen LogP contribution < -0.4 is 5.32 Å². The first-order valence-corrected chi connectivity index (χ1v) is 12.8. The van der Waals surface area contributed by atoms with Gasteiger partial charge in [0.15, 0.2) is 6.10 Å². The molecular formula is C23H33FN2O5S. The van der Waals surface area contributed by atoms with Crippen LogP contribution in [-0.4, -0.2) is 49.8 Å². The van der Waals surface area contributed by atoms with Crippen molar-refractivity contribution in [2.75, 3.05) is 13.1 Å². The van der Waals surface area contributed by atoms with Gasteiger partial charge in [0, 0.05) is 19.1 Å². The van der Waals surface area contributed by atoms with Crippen molar-refractivity contribution in [3.63, 3.8) is 0 Å². The number of hydrogen-bond donors (Lipinski definition) is 1. The fourth-order valence-electron chi connectivity index (χ4n) is 4.50. The molecule has 9 heteroatoms. The third-order valence-corrected chi connectivity index (χ3v) is 8.85. The molecule has 0 aromatic heterocycles. The lowest BCUT2D eigenvalue weighted by Crippen LogP contribution is -2.48. The highest BCUT2D eigenvalue weighted by Crippen LogP contribution is 2.30. The van der Waals surface area contributed by atoms with E-state index in [1.807, 2.05) is 0 Å². The van der Waals surface area contributed by atoms with E-state index in [0.29, 0.717) is 24.7 Å². The summed E-state index contributed by atoms with van der Waals surface area (Å²) in [6.45, 7) is 6.22. The third kappa shape index (κ3) is 5.67. The molecule has 1 heterocycles. The number of carbonyl (C=O) groups is 2. The smallest absolute Gasteiger partial charge is 0.309 e. The van der Waals surface area contributed by atoms with Gasteiger partial charge < -0.3 is 10.1 Å². The van der Waals surface area contributed by atoms with Crippen LogP contribution in [0.5, 0.6) is 0 Å². The van der Waals surface area contributed by atoms with E-state index < -0.39 is 33.8 Å². The van der Waals surface area contributed by atoms with Crippen molar-refractivity contribution < 1.29 is 27.1 Å². The number of nitrogens with one attached hydrogen (secondary N) is 1. The van der Waals surface area contributed by atoms with E-state index in [-0.39, 0.29) is 29.9 Å². The van der Waals surface area contributed by atoms with Gasteiger partial charge in [0.2, 0.25) is 10.0 Å². The molecule has 1 saturated carbocycles. The summed E-state index contributed by atoms with van der Waals surface area (Å²) in [6, 6.07) is 4.78. The number of carbonyl (C=O) groups excluding carboxylic acids is 2. The molecule has 4 atom stereocenters. The lowest BCUT2D eigenvalue weighted by molar-refractivity contribution is -0.160. The van der Waals surface area contributed by atoms with Crippen LogP contribution in [0.3, 0.4) is 0 Å². The molecule has 1 aromatic rings. The van der Waals surface area contributed by atoms with Crippen molar-refractivity contribution in [1.82, 2.24) is 9.62 Å². The number of ether oxygens (including phenoxy) is 1. The summed E-state index contributed by atoms with van der Waals surface area (Å²) in [5.74, 6) is -0.807. The number of halogens is 1. The minimum Gasteiger partial charge on any atom is -0.452 e. The molecule has 2 fully saturated rings. The number of nitrogens with zero attached hydrogens (tertiary/aromatic N) is 1. The summed E-state index contributed by atoms with van der Waals surface area (Å²) < 4.78 is 45.2. The van der Waals surface area contributed by atoms with Crippen molar-refractivity contribution in [3.8, 4) is 0 Å². The predicted molar refractivity (Wildman–Crippen MR) is 118 cm³/mol. The molecular weight excluding hydrogens is 435 g/mol. The van der Waals surface area contributed by atoms with Gasteiger partial charge in [-0.2, -0.15) is 4.31 Å². The zero-order chi connectivity index (χ0) is 23.5. The number of esters is 1. The number of rotatable bonds is 6. The van der Waals surface area contributed by atoms with Gasteiger partial charge in [-0.25, -0.2) is 12.8 Å². The van der Waals surface area contributed by atoms with Gasteiger partial charge in [-0.1, -0.05) is 26.7 Å². The Bertz CT molecular complexity index is 913. The van der Waals surface area contributed by atoms with Crippen LogP contribution >= 0.6 is 0 Å². The van der Waals surface area contributed by atoms with E-state index in [1.165, 1.54) is 16.4 Å². The summed E-state index contributed by atoms with van der Waals surface area (Å²) in [5, 5.41) is 3.03. The first kappa shape index (κ1) is 24.6. The fourth-order valence-corrected chi connectivity index (χ4v) is 5.97. The van der Waals surface area contributed by atoms with Crippen LogP contribution in [-0.2, 0) is 24.3 Å². The summed E-state index contributed by atoms with van der Waals surface area (Å²) >= 11 is 0. The number of benzene rings is 1. The van der Waals surface area contributed by atoms with Gasteiger partial charge in [-0.3, -0.25) is 9.59 Å². The van der Waals surface area contributed by atoms with E-state index in [0.717, 1.165) is 31.4 Å². The average molecular weight is 469 g/mol. The van der Waals surface area contributed by atoms with Crippen LogP contribution in [0.15, 0.2) is 29.2 Å². The number of amides is 1. The third-order valence-electron chi connectivity index (χ3n) is 6.94. The Kier molecular flexibility index (Phi) is 7.92. The Balaban J connectivity index is 1.49. The summed E-state index contributed by atoms with van der Waals surface area (Å²) in [4.78, 5) is 25.1. The molecule has 1 aliphatic carbocycles. The van der Waals surface area contributed by atoms with E-state index in [1.54, 1.807) is 6.92 Å². The lowest BCUT2D eigenvalue weighted by atomic mass is 9.78. The molecule has 1 saturated heterocycles. The molecule has 3 rings (SSSR count). The van der Waals surface area contributed by atoms with Gasteiger partial charge in [0.25, 0.3) is 5.91 Å². The number of piperidine rings is 1. The highest BCUT2D eigenvalue weighted by atomic mass is 32.2. The van der Waals surface area contributed by atoms with Crippen LogP contribution in [0, 0.1) is 23.6 Å². The second-order valence-electron chi connectivity index (χ2n) is 9.09. The highest BCUT2D eigenvalue weighted by Gasteiger charge is 2.35. The Morgan fingerprint density at radius 2 is 1.72 bits per heavy atom. The SMILES string of the molecule is CC(OC(=O)C1CCN(S(=O)(=O)c2ccc(F)cc2)CC1)C(=O)NC1CCCC(C)C1C. The quantitative estimate of drug-likeness (QED) is 0.648. The van der Waals surface area contributed by atoms with Gasteiger partial charge >= 0.3 is 5.97 Å². The zero-order valence-corrected chi connectivity index (χ0v) is 19.7. The van der Waals surface area contributed by atoms with Crippen molar-refractivity contribution >= 4 is 21.9 Å². The lowest BCUT2D eigenvalue weighted by Gasteiger charge is -2.35. The van der Waals surface area contributed by atoms with Gasteiger partial charge in [-0.15, -0.1) is 0 Å². The first-order valence-electron chi connectivity index (χ1n) is 11.4. The molecule has 0 radical (unpaired) electrons. The van der Waals surface area contributed by atoms with Crippen molar-refractivity contribution in [1.29, 1.82) is 0 Å². The van der Waals surface area contributed by atoms with Crippen molar-refractivity contribution in [3.05, 3.63) is 30.1 Å². The van der Waals surface area contributed by atoms with Gasteiger partial charge in [-0.05, 0) is 62.3 Å². The van der Waals surface area contributed by atoms with E-state index in [4.69, 9.17) is 4.74 Å². The average Bonchev–Trinajstić information content (AvgIpc) is 2.77. The van der Waals surface area contributed by atoms with E-state index in [2.05, 4.69) is 19.2 Å². The van der Waals surface area contributed by atoms with Crippen LogP contribution in [0.1, 0.15) is 52.9 Å². The largest absolute Gasteiger partial charge is 0.452 e. The van der Waals surface area contributed by atoms with Crippen LogP contribution in [0.25, 0.3) is 0 Å². The van der Waals surface area contributed by atoms with E-state index in [9.17, 15) is 22.4 Å². The normalized spacial score (nSPS) is 26.3. The number of sulfonamides is 1. The maximum atomic E-state index is 13.1. The second-order valence-corrected chi connectivity index (χ2v) is 11.0. The summed E-state index contributed by atoms with van der Waals surface area (Å²) in [6.07, 6.45) is 2.89. The molecule has 1 amide bonds. The monoisotopic (exact) mass is 468 g/mol. The van der Waals surface area contributed by atoms with Crippen LogP contribution in [0.2, 0.25) is 0 Å². The summed E-state index contributed by atoms with van der Waals surface area (Å²) in [7, 11) is -3.74. The standard InChI is InChI=1S/C23H33FN2O5S/c1-15-5-4-6-21(16(15)2)25-22(27)17(3)31-23(28)18-11-13-26(14-12-18)32(29,30)20-9-7-19(24)8-10-20/h7-10,15-18,21H,4-6,11-14H2,1-3H3,(H,25,27). The molecule has 1 aliphatic heterocycles. The molecule has 7 nitrogen and oxygen atoms in total. The van der Waals surface area contributed by atoms with Gasteiger partial charge in [0.1, 0.15) is 5.82 Å². The Labute approximate surface area is 189 Å². The summed E-state index contributed by atoms with van der Waals surface area (Å²) in [5.41, 5.74) is 0. The Morgan fingerprint density at radius 1 is 1.09 bits per heavy atom. The Morgan fingerprint density at radius 3 is 2.34 bits per heavy atom. The van der Waals surface area contributed by atoms with E-state index >= 15 is 0 Å². The Hall–Kier alpha value is -2.00. The van der Waals surface area contributed by atoms with Gasteiger partial charge in [0.05, 0.1) is 10.8 Å². The maximum absolute atomic E-state index is 13.1. The first-order chi connectivity index (χ1) is 15.1. The second kappa shape index (κ2) is 10.3.